The van der Waals surface area contributed by atoms with Crippen LogP contribution in [0.25, 0.3) is 16.9 Å². The third-order valence-electron chi connectivity index (χ3n) is 4.87. The van der Waals surface area contributed by atoms with Gasteiger partial charge in [0.25, 0.3) is 5.91 Å². The summed E-state index contributed by atoms with van der Waals surface area (Å²) < 4.78 is 14.8. The molecule has 1 aromatic heterocycles. The molecule has 0 atom stereocenters. The second kappa shape index (κ2) is 9.44. The van der Waals surface area contributed by atoms with E-state index in [9.17, 15) is 9.18 Å². The third kappa shape index (κ3) is 4.89. The van der Waals surface area contributed by atoms with Crippen LogP contribution in [0, 0.1) is 11.2 Å². The van der Waals surface area contributed by atoms with Gasteiger partial charge in [0.05, 0.1) is 22.2 Å². The molecule has 0 fully saturated rings. The topological polar surface area (TPSA) is 96.8 Å². The molecule has 0 saturated carbocycles. The van der Waals surface area contributed by atoms with Crippen molar-refractivity contribution in [2.45, 2.75) is 6.42 Å². The highest BCUT2D eigenvalue weighted by atomic mass is 35.5. The van der Waals surface area contributed by atoms with Crippen LogP contribution in [-0.4, -0.2) is 21.5 Å². The van der Waals surface area contributed by atoms with E-state index in [-0.39, 0.29) is 18.0 Å². The number of aromatic nitrogens is 2. The maximum atomic E-state index is 13.3. The number of anilines is 1. The fourth-order valence-corrected chi connectivity index (χ4v) is 3.76. The molecule has 4 aromatic rings. The zero-order valence-corrected chi connectivity index (χ0v) is 18.7. The largest absolute Gasteiger partial charge is 0.387 e. The lowest BCUT2D eigenvalue weighted by molar-refractivity contribution is 0.102. The van der Waals surface area contributed by atoms with Gasteiger partial charge in [-0.2, -0.15) is 5.10 Å². The van der Waals surface area contributed by atoms with Crippen LogP contribution in [0.3, 0.4) is 0 Å². The van der Waals surface area contributed by atoms with Crippen LogP contribution < -0.4 is 11.1 Å². The van der Waals surface area contributed by atoms with E-state index in [1.165, 1.54) is 24.3 Å². The Morgan fingerprint density at radius 1 is 1.03 bits per heavy atom. The van der Waals surface area contributed by atoms with Crippen LogP contribution >= 0.6 is 23.2 Å². The number of hydrogen-bond acceptors (Lipinski definition) is 3. The predicted molar refractivity (Wildman–Crippen MR) is 129 cm³/mol. The maximum Gasteiger partial charge on any atom is 0.276 e. The van der Waals surface area contributed by atoms with Gasteiger partial charge in [0.2, 0.25) is 0 Å². The second-order valence-electron chi connectivity index (χ2n) is 7.21. The Kier molecular flexibility index (Phi) is 6.44. The zero-order chi connectivity index (χ0) is 23.5. The molecule has 1 amide bonds. The molecule has 0 radical (unpaired) electrons. The summed E-state index contributed by atoms with van der Waals surface area (Å²) in [6, 6.07) is 19.5. The van der Waals surface area contributed by atoms with Crippen LogP contribution in [0.2, 0.25) is 10.0 Å². The van der Waals surface area contributed by atoms with Gasteiger partial charge in [-0.1, -0.05) is 47.5 Å². The van der Waals surface area contributed by atoms with E-state index in [0.717, 1.165) is 0 Å². The zero-order valence-electron chi connectivity index (χ0n) is 17.1. The van der Waals surface area contributed by atoms with Crippen LogP contribution in [0.4, 0.5) is 10.1 Å². The van der Waals surface area contributed by atoms with Crippen molar-refractivity contribution in [1.82, 2.24) is 9.78 Å². The highest BCUT2D eigenvalue weighted by Crippen LogP contribution is 2.33. The molecule has 0 spiro atoms. The summed E-state index contributed by atoms with van der Waals surface area (Å²) in [6.07, 6.45) is -0.0193. The lowest BCUT2D eigenvalue weighted by Crippen LogP contribution is -2.18. The Balaban J connectivity index is 1.92. The molecule has 3 aromatic carbocycles. The van der Waals surface area contributed by atoms with Crippen molar-refractivity contribution in [1.29, 1.82) is 5.41 Å². The average Bonchev–Trinajstić information content (AvgIpc) is 3.14. The van der Waals surface area contributed by atoms with Crippen molar-refractivity contribution < 1.29 is 9.18 Å². The molecular formula is C24H18Cl2FN5O. The number of para-hydroxylation sites is 1. The highest BCUT2D eigenvalue weighted by Gasteiger charge is 2.26. The van der Waals surface area contributed by atoms with Gasteiger partial charge in [0.1, 0.15) is 5.82 Å². The van der Waals surface area contributed by atoms with Gasteiger partial charge in [-0.25, -0.2) is 9.07 Å². The standard InChI is InChI=1S/C24H18Cl2FN5O/c25-15-7-5-14(6-8-15)23-18(13-21(28)29)22(24(33)30-17-11-9-16(27)10-12-17)31-32(23)20-4-2-1-3-19(20)26/h1-12H,13H2,(H3,28,29)(H,30,33). The fourth-order valence-electron chi connectivity index (χ4n) is 3.42. The van der Waals surface area contributed by atoms with E-state index >= 15 is 0 Å². The summed E-state index contributed by atoms with van der Waals surface area (Å²) >= 11 is 12.5. The number of hydrogen-bond donors (Lipinski definition) is 3. The van der Waals surface area contributed by atoms with E-state index in [4.69, 9.17) is 34.3 Å². The van der Waals surface area contributed by atoms with Crippen molar-refractivity contribution in [3.05, 3.63) is 99.9 Å². The minimum Gasteiger partial charge on any atom is -0.387 e. The summed E-state index contributed by atoms with van der Waals surface area (Å²) in [4.78, 5) is 13.2. The van der Waals surface area contributed by atoms with Crippen LogP contribution in [0.5, 0.6) is 0 Å². The molecule has 0 aliphatic heterocycles. The molecule has 0 bridgehead atoms. The number of carbonyl (C=O) groups excluding carboxylic acids is 1. The molecule has 1 heterocycles. The smallest absolute Gasteiger partial charge is 0.276 e. The number of nitrogens with one attached hydrogen (secondary N) is 2. The summed E-state index contributed by atoms with van der Waals surface area (Å²) in [5, 5.41) is 16.1. The van der Waals surface area contributed by atoms with Crippen molar-refractivity contribution in [3.8, 4) is 16.9 Å². The fraction of sp³-hybridized carbons (Fsp3) is 0.0417. The number of benzene rings is 3. The van der Waals surface area contributed by atoms with Gasteiger partial charge in [-0.15, -0.1) is 0 Å². The number of carbonyl (C=O) groups is 1. The molecular weight excluding hydrogens is 464 g/mol. The summed E-state index contributed by atoms with van der Waals surface area (Å²) in [5.41, 5.74) is 8.47. The molecule has 0 aliphatic rings. The van der Waals surface area contributed by atoms with E-state index in [2.05, 4.69) is 10.4 Å². The van der Waals surface area contributed by atoms with Crippen LogP contribution in [-0.2, 0) is 6.42 Å². The summed E-state index contributed by atoms with van der Waals surface area (Å²) in [6.45, 7) is 0. The van der Waals surface area contributed by atoms with E-state index in [1.54, 1.807) is 53.2 Å². The van der Waals surface area contributed by atoms with Crippen LogP contribution in [0.15, 0.2) is 72.8 Å². The molecule has 0 saturated heterocycles. The van der Waals surface area contributed by atoms with Crippen LogP contribution in [0.1, 0.15) is 16.1 Å². The van der Waals surface area contributed by atoms with Gasteiger partial charge in [0.15, 0.2) is 5.69 Å². The molecule has 0 aliphatic carbocycles. The first-order valence-corrected chi connectivity index (χ1v) is 10.6. The minimum absolute atomic E-state index is 0.0193. The van der Waals surface area contributed by atoms with Gasteiger partial charge in [0, 0.05) is 28.3 Å². The number of halogens is 3. The van der Waals surface area contributed by atoms with Gasteiger partial charge < -0.3 is 11.1 Å². The molecule has 166 valence electrons. The summed E-state index contributed by atoms with van der Waals surface area (Å²) in [5.74, 6) is -1.09. The maximum absolute atomic E-state index is 13.3. The summed E-state index contributed by atoms with van der Waals surface area (Å²) in [7, 11) is 0. The Hall–Kier alpha value is -3.68. The number of nitrogens with two attached hydrogens (primary N) is 1. The first-order valence-electron chi connectivity index (χ1n) is 9.86. The van der Waals surface area contributed by atoms with Crippen molar-refractivity contribution in [2.24, 2.45) is 5.73 Å². The highest BCUT2D eigenvalue weighted by molar-refractivity contribution is 6.32. The number of amidine groups is 1. The van der Waals surface area contributed by atoms with Crippen molar-refractivity contribution >= 4 is 40.6 Å². The van der Waals surface area contributed by atoms with Gasteiger partial charge in [-0.3, -0.25) is 10.2 Å². The Morgan fingerprint density at radius 3 is 2.33 bits per heavy atom. The molecule has 4 N–H and O–H groups in total. The lowest BCUT2D eigenvalue weighted by atomic mass is 10.0. The van der Waals surface area contributed by atoms with Gasteiger partial charge in [-0.05, 0) is 48.5 Å². The quantitative estimate of drug-likeness (QED) is 0.242. The molecule has 33 heavy (non-hydrogen) atoms. The first-order chi connectivity index (χ1) is 15.8. The van der Waals surface area contributed by atoms with E-state index < -0.39 is 11.7 Å². The monoisotopic (exact) mass is 481 g/mol. The molecule has 0 unspecified atom stereocenters. The van der Waals surface area contributed by atoms with E-state index in [1.807, 2.05) is 0 Å². The molecule has 6 nitrogen and oxygen atoms in total. The number of rotatable bonds is 6. The van der Waals surface area contributed by atoms with Crippen molar-refractivity contribution in [2.75, 3.05) is 5.32 Å². The number of amides is 1. The Labute approximate surface area is 199 Å². The van der Waals surface area contributed by atoms with Gasteiger partial charge >= 0.3 is 0 Å². The van der Waals surface area contributed by atoms with Crippen molar-refractivity contribution in [3.63, 3.8) is 0 Å². The predicted octanol–water partition coefficient (Wildman–Crippen LogP) is 5.72. The average molecular weight is 482 g/mol. The Bertz CT molecular complexity index is 1330. The molecule has 9 heteroatoms. The third-order valence-corrected chi connectivity index (χ3v) is 5.44. The second-order valence-corrected chi connectivity index (χ2v) is 8.05. The SMILES string of the molecule is N=C(N)Cc1c(C(=O)Nc2ccc(F)cc2)nn(-c2ccccc2Cl)c1-c1ccc(Cl)cc1. The Morgan fingerprint density at radius 2 is 1.70 bits per heavy atom. The number of nitrogens with zero attached hydrogens (tertiary/aromatic N) is 2. The lowest BCUT2D eigenvalue weighted by Gasteiger charge is -2.11. The molecule has 4 rings (SSSR count). The first kappa shape index (κ1) is 22.5. The normalized spacial score (nSPS) is 10.8. The van der Waals surface area contributed by atoms with E-state index in [0.29, 0.717) is 38.2 Å². The minimum atomic E-state index is -0.529.